The number of nitrogens with one attached hydrogen (secondary N) is 1. The van der Waals surface area contributed by atoms with Gasteiger partial charge in [-0.2, -0.15) is 0 Å². The Morgan fingerprint density at radius 3 is 2.77 bits per heavy atom. The van der Waals surface area contributed by atoms with Gasteiger partial charge < -0.3 is 15.8 Å². The average Bonchev–Trinajstić information content (AvgIpc) is 2.69. The summed E-state index contributed by atoms with van der Waals surface area (Å²) in [5, 5.41) is 3.50. The first kappa shape index (κ1) is 20.3. The van der Waals surface area contributed by atoms with Crippen molar-refractivity contribution < 1.29 is 13.5 Å². The molecule has 0 fully saturated rings. The van der Waals surface area contributed by atoms with Gasteiger partial charge in [0.15, 0.2) is 22.6 Å². The topological polar surface area (TPSA) is 98.3 Å². The van der Waals surface area contributed by atoms with Gasteiger partial charge in [-0.25, -0.2) is 23.7 Å². The first-order valence-corrected chi connectivity index (χ1v) is 10.1. The van der Waals surface area contributed by atoms with Crippen molar-refractivity contribution in [2.45, 2.75) is 31.1 Å². The van der Waals surface area contributed by atoms with Crippen LogP contribution in [0.25, 0.3) is 11.0 Å². The Kier molecular flexibility index (Phi) is 5.19. The normalized spacial score (nSPS) is 21.4. The molecule has 7 nitrogen and oxygen atoms in total. The summed E-state index contributed by atoms with van der Waals surface area (Å²) < 4.78 is 34.4. The van der Waals surface area contributed by atoms with Gasteiger partial charge >= 0.3 is 0 Å². The lowest BCUT2D eigenvalue weighted by Gasteiger charge is -2.33. The molecule has 0 spiro atoms. The standard InChI is InChI=1S/C20H20F2N6OS/c1-10-7-20(2,28-19(23)30-10)13-4-11(5-14(21)16(13)22)27-18-17-15(25-9-26-18)6-12(29-3)8-24-17/h4-6,8-10H,7H2,1-3H3,(H2,23,28)(H,25,26,27)/t10-,20+/m1/s1. The Hall–Kier alpha value is -3.01. The lowest BCUT2D eigenvalue weighted by atomic mass is 9.87. The maximum atomic E-state index is 14.8. The molecular formula is C20H20F2N6OS. The van der Waals surface area contributed by atoms with Gasteiger partial charge in [0, 0.05) is 28.6 Å². The predicted octanol–water partition coefficient (Wildman–Crippen LogP) is 4.11. The van der Waals surface area contributed by atoms with Gasteiger partial charge in [0.05, 0.1) is 24.4 Å². The third-order valence-electron chi connectivity index (χ3n) is 4.92. The summed E-state index contributed by atoms with van der Waals surface area (Å²) in [6, 6.07) is 4.33. The van der Waals surface area contributed by atoms with Crippen molar-refractivity contribution in [3.05, 3.63) is 47.9 Å². The van der Waals surface area contributed by atoms with E-state index in [9.17, 15) is 8.78 Å². The largest absolute Gasteiger partial charge is 0.495 e. The monoisotopic (exact) mass is 430 g/mol. The van der Waals surface area contributed by atoms with Crippen molar-refractivity contribution in [2.24, 2.45) is 10.7 Å². The molecule has 0 unspecified atom stereocenters. The number of nitrogens with zero attached hydrogens (tertiary/aromatic N) is 4. The Balaban J connectivity index is 1.77. The SMILES string of the molecule is COc1cnc2c(Nc3cc(F)c(F)c([C@]4(C)C[C@@H](C)SC(N)=N4)c3)ncnc2c1. The van der Waals surface area contributed by atoms with Crippen LogP contribution in [0.1, 0.15) is 25.8 Å². The molecule has 1 aliphatic heterocycles. The zero-order valence-corrected chi connectivity index (χ0v) is 17.4. The average molecular weight is 430 g/mol. The van der Waals surface area contributed by atoms with Crippen LogP contribution in [0.3, 0.4) is 0 Å². The lowest BCUT2D eigenvalue weighted by molar-refractivity contribution is 0.409. The number of aromatic nitrogens is 3. The summed E-state index contributed by atoms with van der Waals surface area (Å²) in [6.45, 7) is 3.74. The number of amidine groups is 1. The number of ether oxygens (including phenoxy) is 1. The molecule has 0 saturated carbocycles. The molecule has 3 heterocycles. The van der Waals surface area contributed by atoms with E-state index in [4.69, 9.17) is 10.5 Å². The van der Waals surface area contributed by atoms with Crippen molar-refractivity contribution in [2.75, 3.05) is 12.4 Å². The number of hydrogen-bond acceptors (Lipinski definition) is 8. The number of halogens is 2. The maximum absolute atomic E-state index is 14.8. The third-order valence-corrected chi connectivity index (χ3v) is 5.82. The highest BCUT2D eigenvalue weighted by molar-refractivity contribution is 8.14. The number of fused-ring (bicyclic) bond motifs is 1. The minimum atomic E-state index is -0.983. The summed E-state index contributed by atoms with van der Waals surface area (Å²) in [6.07, 6.45) is 3.42. The fourth-order valence-corrected chi connectivity index (χ4v) is 4.69. The van der Waals surface area contributed by atoms with Gasteiger partial charge in [0.2, 0.25) is 0 Å². The van der Waals surface area contributed by atoms with Gasteiger partial charge in [-0.15, -0.1) is 0 Å². The Bertz CT molecular complexity index is 1160. The number of nitrogens with two attached hydrogens (primary N) is 1. The molecule has 3 N–H and O–H groups in total. The number of methoxy groups -OCH3 is 1. The van der Waals surface area contributed by atoms with Gasteiger partial charge in [-0.3, -0.25) is 4.99 Å². The van der Waals surface area contributed by atoms with Crippen LogP contribution in [0.2, 0.25) is 0 Å². The fraction of sp³-hybridized carbons (Fsp3) is 0.300. The summed E-state index contributed by atoms with van der Waals surface area (Å²) in [5.41, 5.74) is 6.42. The summed E-state index contributed by atoms with van der Waals surface area (Å²) in [5.74, 6) is -1.01. The van der Waals surface area contributed by atoms with Crippen LogP contribution in [-0.2, 0) is 5.54 Å². The number of anilines is 2. The highest BCUT2D eigenvalue weighted by atomic mass is 32.2. The van der Waals surface area contributed by atoms with Crippen LogP contribution in [0.5, 0.6) is 5.75 Å². The van der Waals surface area contributed by atoms with Gasteiger partial charge in [0.25, 0.3) is 0 Å². The molecule has 4 rings (SSSR count). The van der Waals surface area contributed by atoms with E-state index in [0.29, 0.717) is 39.9 Å². The van der Waals surface area contributed by atoms with Gasteiger partial charge in [0.1, 0.15) is 17.6 Å². The second kappa shape index (κ2) is 7.67. The number of benzene rings is 1. The van der Waals surface area contributed by atoms with E-state index in [2.05, 4.69) is 25.3 Å². The molecule has 0 saturated heterocycles. The van der Waals surface area contributed by atoms with Gasteiger partial charge in [-0.05, 0) is 19.4 Å². The molecule has 0 radical (unpaired) electrons. The summed E-state index contributed by atoms with van der Waals surface area (Å²) in [7, 11) is 1.53. The van der Waals surface area contributed by atoms with E-state index in [1.54, 1.807) is 13.0 Å². The molecule has 156 valence electrons. The predicted molar refractivity (Wildman–Crippen MR) is 114 cm³/mol. The van der Waals surface area contributed by atoms with Crippen LogP contribution >= 0.6 is 11.8 Å². The number of aliphatic imine (C=N–C) groups is 1. The molecule has 0 aliphatic carbocycles. The van der Waals surface area contributed by atoms with Crippen molar-refractivity contribution >= 4 is 39.5 Å². The minimum absolute atomic E-state index is 0.122. The van der Waals surface area contributed by atoms with E-state index >= 15 is 0 Å². The number of rotatable bonds is 4. The van der Waals surface area contributed by atoms with Crippen molar-refractivity contribution in [3.63, 3.8) is 0 Å². The second-order valence-corrected chi connectivity index (χ2v) is 8.72. The minimum Gasteiger partial charge on any atom is -0.495 e. The quantitative estimate of drug-likeness (QED) is 0.643. The van der Waals surface area contributed by atoms with Crippen molar-refractivity contribution in [1.82, 2.24) is 15.0 Å². The molecule has 1 aromatic carbocycles. The van der Waals surface area contributed by atoms with E-state index in [-0.39, 0.29) is 10.8 Å². The number of hydrogen-bond donors (Lipinski definition) is 2. The maximum Gasteiger partial charge on any atom is 0.164 e. The third kappa shape index (κ3) is 3.74. The summed E-state index contributed by atoms with van der Waals surface area (Å²) in [4.78, 5) is 17.1. The molecule has 2 atom stereocenters. The Labute approximate surface area is 176 Å². The Morgan fingerprint density at radius 1 is 1.23 bits per heavy atom. The molecule has 2 aromatic heterocycles. The number of thioether (sulfide) groups is 1. The second-order valence-electron chi connectivity index (χ2n) is 7.27. The van der Waals surface area contributed by atoms with Crippen LogP contribution < -0.4 is 15.8 Å². The van der Waals surface area contributed by atoms with E-state index < -0.39 is 17.2 Å². The highest BCUT2D eigenvalue weighted by Gasteiger charge is 2.36. The first-order chi connectivity index (χ1) is 14.3. The molecular weight excluding hydrogens is 410 g/mol. The highest BCUT2D eigenvalue weighted by Crippen LogP contribution is 2.41. The Morgan fingerprint density at radius 2 is 2.03 bits per heavy atom. The van der Waals surface area contributed by atoms with Crippen molar-refractivity contribution in [3.8, 4) is 5.75 Å². The first-order valence-electron chi connectivity index (χ1n) is 9.22. The molecule has 1 aliphatic rings. The number of pyridine rings is 1. The zero-order chi connectivity index (χ0) is 21.5. The lowest BCUT2D eigenvalue weighted by Crippen LogP contribution is -2.33. The summed E-state index contributed by atoms with van der Waals surface area (Å²) >= 11 is 1.42. The molecule has 10 heteroatoms. The fourth-order valence-electron chi connectivity index (χ4n) is 3.61. The van der Waals surface area contributed by atoms with E-state index in [0.717, 1.165) is 6.07 Å². The molecule has 0 amide bonds. The van der Waals surface area contributed by atoms with Gasteiger partial charge in [-0.1, -0.05) is 18.7 Å². The molecule has 30 heavy (non-hydrogen) atoms. The van der Waals surface area contributed by atoms with Crippen LogP contribution in [0, 0.1) is 11.6 Å². The van der Waals surface area contributed by atoms with E-state index in [1.165, 1.54) is 37.5 Å². The molecule has 3 aromatic rings. The van der Waals surface area contributed by atoms with Crippen LogP contribution in [-0.4, -0.2) is 32.5 Å². The van der Waals surface area contributed by atoms with Crippen molar-refractivity contribution in [1.29, 1.82) is 0 Å². The van der Waals surface area contributed by atoms with Crippen LogP contribution in [0.15, 0.2) is 35.7 Å². The zero-order valence-electron chi connectivity index (χ0n) is 16.6. The smallest absolute Gasteiger partial charge is 0.164 e. The molecule has 0 bridgehead atoms. The van der Waals surface area contributed by atoms with E-state index in [1.807, 2.05) is 6.92 Å². The van der Waals surface area contributed by atoms with Crippen LogP contribution in [0.4, 0.5) is 20.3 Å².